The second kappa shape index (κ2) is 5.66. The van der Waals surface area contributed by atoms with Gasteiger partial charge in [0.1, 0.15) is 5.75 Å². The number of hydrogen-bond acceptors (Lipinski definition) is 2. The Kier molecular flexibility index (Phi) is 4.47. The van der Waals surface area contributed by atoms with Crippen LogP contribution in [0.3, 0.4) is 0 Å². The summed E-state index contributed by atoms with van der Waals surface area (Å²) in [5.74, 6) is 1.22. The lowest BCUT2D eigenvalue weighted by Gasteiger charge is -2.09. The lowest BCUT2D eigenvalue weighted by atomic mass is 10.0. The van der Waals surface area contributed by atoms with E-state index in [-0.39, 0.29) is 6.61 Å². The number of ether oxygens (including phenoxy) is 1. The fourth-order valence-corrected chi connectivity index (χ4v) is 1.40. The summed E-state index contributed by atoms with van der Waals surface area (Å²) in [6.45, 7) is 4.94. The van der Waals surface area contributed by atoms with Crippen LogP contribution in [0.25, 0.3) is 0 Å². The number of aliphatic hydroxyl groups is 1. The van der Waals surface area contributed by atoms with Crippen LogP contribution in [0.1, 0.15) is 19.4 Å². The minimum absolute atomic E-state index is 0.235. The Bertz CT molecular complexity index is 271. The van der Waals surface area contributed by atoms with E-state index in [0.717, 1.165) is 12.2 Å². The fourth-order valence-electron chi connectivity index (χ4n) is 1.40. The third-order valence-corrected chi connectivity index (χ3v) is 2.11. The molecule has 1 N–H and O–H groups in total. The molecule has 1 aromatic carbocycles. The van der Waals surface area contributed by atoms with Crippen molar-refractivity contribution in [1.82, 2.24) is 0 Å². The van der Waals surface area contributed by atoms with E-state index in [1.165, 1.54) is 5.56 Å². The first kappa shape index (κ1) is 11.1. The van der Waals surface area contributed by atoms with E-state index in [9.17, 15) is 0 Å². The quantitative estimate of drug-likeness (QED) is 0.779. The summed E-state index contributed by atoms with van der Waals surface area (Å²) >= 11 is 0. The van der Waals surface area contributed by atoms with Crippen molar-refractivity contribution in [2.45, 2.75) is 20.3 Å². The molecule has 0 bridgehead atoms. The summed E-state index contributed by atoms with van der Waals surface area (Å²) in [6, 6.07) is 8.05. The normalized spacial score (nSPS) is 12.5. The molecule has 0 fully saturated rings. The van der Waals surface area contributed by atoms with Gasteiger partial charge in [-0.3, -0.25) is 0 Å². The molecule has 78 valence electrons. The molecule has 0 amide bonds. The number of benzene rings is 1. The van der Waals surface area contributed by atoms with Crippen LogP contribution in [0.5, 0.6) is 5.75 Å². The van der Waals surface area contributed by atoms with Gasteiger partial charge in [-0.1, -0.05) is 19.1 Å². The summed E-state index contributed by atoms with van der Waals surface area (Å²) in [4.78, 5) is 0. The van der Waals surface area contributed by atoms with Gasteiger partial charge in [0.25, 0.3) is 0 Å². The predicted octanol–water partition coefficient (Wildman–Crippen LogP) is 2.26. The zero-order valence-electron chi connectivity index (χ0n) is 8.86. The molecule has 1 aromatic rings. The van der Waals surface area contributed by atoms with Gasteiger partial charge in [0.2, 0.25) is 0 Å². The van der Waals surface area contributed by atoms with Crippen molar-refractivity contribution in [1.29, 1.82) is 0 Å². The highest BCUT2D eigenvalue weighted by Crippen LogP contribution is 2.16. The van der Waals surface area contributed by atoms with Gasteiger partial charge in [0, 0.05) is 6.61 Å². The topological polar surface area (TPSA) is 29.5 Å². The molecule has 0 aliphatic rings. The van der Waals surface area contributed by atoms with Gasteiger partial charge in [-0.25, -0.2) is 0 Å². The molecule has 1 rings (SSSR count). The minimum Gasteiger partial charge on any atom is -0.494 e. The van der Waals surface area contributed by atoms with Gasteiger partial charge in [-0.2, -0.15) is 0 Å². The van der Waals surface area contributed by atoms with Crippen molar-refractivity contribution in [2.75, 3.05) is 13.2 Å². The van der Waals surface area contributed by atoms with Gasteiger partial charge < -0.3 is 9.84 Å². The highest BCUT2D eigenvalue weighted by molar-refractivity contribution is 5.28. The lowest BCUT2D eigenvalue weighted by molar-refractivity contribution is 0.237. The Morgan fingerprint density at radius 3 is 2.86 bits per heavy atom. The van der Waals surface area contributed by atoms with Crippen LogP contribution in [0.15, 0.2) is 24.3 Å². The Morgan fingerprint density at radius 1 is 1.43 bits per heavy atom. The van der Waals surface area contributed by atoms with Crippen molar-refractivity contribution in [3.05, 3.63) is 29.8 Å². The Morgan fingerprint density at radius 2 is 2.21 bits per heavy atom. The van der Waals surface area contributed by atoms with Crippen LogP contribution in [0.4, 0.5) is 0 Å². The largest absolute Gasteiger partial charge is 0.494 e. The average Bonchev–Trinajstić information content (AvgIpc) is 2.19. The van der Waals surface area contributed by atoms with Gasteiger partial charge in [0.05, 0.1) is 6.61 Å². The Labute approximate surface area is 85.5 Å². The molecule has 0 radical (unpaired) electrons. The van der Waals surface area contributed by atoms with Crippen molar-refractivity contribution >= 4 is 0 Å². The first-order valence-electron chi connectivity index (χ1n) is 5.08. The second-order valence-electron chi connectivity index (χ2n) is 3.57. The van der Waals surface area contributed by atoms with Gasteiger partial charge in [-0.05, 0) is 37.0 Å². The minimum atomic E-state index is 0.235. The molecule has 2 nitrogen and oxygen atoms in total. The molecule has 0 aliphatic heterocycles. The number of hydrogen-bond donors (Lipinski definition) is 1. The Balaban J connectivity index is 2.63. The van der Waals surface area contributed by atoms with E-state index in [2.05, 4.69) is 6.07 Å². The molecule has 1 atom stereocenters. The highest BCUT2D eigenvalue weighted by atomic mass is 16.5. The Hall–Kier alpha value is -1.02. The van der Waals surface area contributed by atoms with E-state index in [0.29, 0.717) is 12.5 Å². The van der Waals surface area contributed by atoms with Gasteiger partial charge in [0.15, 0.2) is 0 Å². The lowest BCUT2D eigenvalue weighted by Crippen LogP contribution is -2.04. The SMILES string of the molecule is CCOc1cccc(C[C@@H](C)CO)c1. The zero-order chi connectivity index (χ0) is 10.4. The average molecular weight is 194 g/mol. The maximum Gasteiger partial charge on any atom is 0.119 e. The first-order valence-corrected chi connectivity index (χ1v) is 5.08. The molecule has 0 saturated heterocycles. The smallest absolute Gasteiger partial charge is 0.119 e. The van der Waals surface area contributed by atoms with Gasteiger partial charge in [-0.15, -0.1) is 0 Å². The van der Waals surface area contributed by atoms with Gasteiger partial charge >= 0.3 is 0 Å². The molecular formula is C12H18O2. The van der Waals surface area contributed by atoms with Crippen molar-refractivity contribution < 1.29 is 9.84 Å². The van der Waals surface area contributed by atoms with E-state index >= 15 is 0 Å². The van der Waals surface area contributed by atoms with Crippen LogP contribution < -0.4 is 4.74 Å². The third kappa shape index (κ3) is 3.38. The molecular weight excluding hydrogens is 176 g/mol. The summed E-state index contributed by atoms with van der Waals surface area (Å²) in [5, 5.41) is 8.94. The van der Waals surface area contributed by atoms with E-state index in [1.54, 1.807) is 0 Å². The molecule has 0 spiro atoms. The molecule has 2 heteroatoms. The summed E-state index contributed by atoms with van der Waals surface area (Å²) < 4.78 is 5.40. The summed E-state index contributed by atoms with van der Waals surface area (Å²) in [5.41, 5.74) is 1.22. The van der Waals surface area contributed by atoms with Crippen LogP contribution >= 0.6 is 0 Å². The molecule has 0 heterocycles. The highest BCUT2D eigenvalue weighted by Gasteiger charge is 2.02. The fraction of sp³-hybridized carbons (Fsp3) is 0.500. The van der Waals surface area contributed by atoms with Crippen LogP contribution in [-0.2, 0) is 6.42 Å². The van der Waals surface area contributed by atoms with Crippen LogP contribution in [0, 0.1) is 5.92 Å². The maximum absolute atomic E-state index is 8.94. The number of aliphatic hydroxyl groups excluding tert-OH is 1. The van der Waals surface area contributed by atoms with Crippen LogP contribution in [-0.4, -0.2) is 18.3 Å². The van der Waals surface area contributed by atoms with Crippen molar-refractivity contribution in [2.24, 2.45) is 5.92 Å². The monoisotopic (exact) mass is 194 g/mol. The first-order chi connectivity index (χ1) is 6.76. The number of rotatable bonds is 5. The van der Waals surface area contributed by atoms with Crippen LogP contribution in [0.2, 0.25) is 0 Å². The van der Waals surface area contributed by atoms with E-state index < -0.39 is 0 Å². The standard InChI is InChI=1S/C12H18O2/c1-3-14-12-6-4-5-11(8-12)7-10(2)9-13/h4-6,8,10,13H,3,7,9H2,1-2H3/t10-/m1/s1. The van der Waals surface area contributed by atoms with E-state index in [4.69, 9.17) is 9.84 Å². The molecule has 0 saturated carbocycles. The summed E-state index contributed by atoms with van der Waals surface area (Å²) in [7, 11) is 0. The molecule has 0 aromatic heterocycles. The zero-order valence-corrected chi connectivity index (χ0v) is 8.86. The summed E-state index contributed by atoms with van der Waals surface area (Å²) in [6.07, 6.45) is 0.900. The molecule has 0 aliphatic carbocycles. The maximum atomic E-state index is 8.94. The van der Waals surface area contributed by atoms with Crippen molar-refractivity contribution in [3.8, 4) is 5.75 Å². The molecule has 0 unspecified atom stereocenters. The van der Waals surface area contributed by atoms with Crippen molar-refractivity contribution in [3.63, 3.8) is 0 Å². The predicted molar refractivity (Wildman–Crippen MR) is 57.6 cm³/mol. The second-order valence-corrected chi connectivity index (χ2v) is 3.57. The molecule has 14 heavy (non-hydrogen) atoms. The third-order valence-electron chi connectivity index (χ3n) is 2.11. The van der Waals surface area contributed by atoms with E-state index in [1.807, 2.05) is 32.0 Å².